The van der Waals surface area contributed by atoms with Crippen molar-refractivity contribution in [1.82, 2.24) is 4.57 Å². The van der Waals surface area contributed by atoms with Crippen molar-refractivity contribution in [1.29, 1.82) is 0 Å². The number of aromatic nitrogens is 1. The SMILES string of the molecule is COc1ccc(N=c2scc(-c3ccc(F)cc3)n2Cc2ccccc2)cc1. The first-order chi connectivity index (χ1) is 13.7. The molecule has 3 aromatic carbocycles. The van der Waals surface area contributed by atoms with Gasteiger partial charge in [0.15, 0.2) is 4.80 Å². The second-order valence-electron chi connectivity index (χ2n) is 6.29. The molecule has 4 aromatic rings. The van der Waals surface area contributed by atoms with Crippen molar-refractivity contribution in [3.05, 3.63) is 100 Å². The Morgan fingerprint density at radius 2 is 1.64 bits per heavy atom. The van der Waals surface area contributed by atoms with Gasteiger partial charge in [0.05, 0.1) is 25.0 Å². The van der Waals surface area contributed by atoms with Crippen LogP contribution in [0.3, 0.4) is 0 Å². The molecule has 140 valence electrons. The van der Waals surface area contributed by atoms with Gasteiger partial charge in [-0.15, -0.1) is 11.3 Å². The van der Waals surface area contributed by atoms with Crippen molar-refractivity contribution < 1.29 is 9.13 Å². The third kappa shape index (κ3) is 4.05. The maximum atomic E-state index is 13.4. The molecule has 0 aliphatic carbocycles. The summed E-state index contributed by atoms with van der Waals surface area (Å²) in [4.78, 5) is 5.71. The van der Waals surface area contributed by atoms with Crippen molar-refractivity contribution in [2.24, 2.45) is 4.99 Å². The molecule has 0 fully saturated rings. The van der Waals surface area contributed by atoms with Crippen molar-refractivity contribution in [2.75, 3.05) is 7.11 Å². The van der Waals surface area contributed by atoms with Gasteiger partial charge in [0.1, 0.15) is 11.6 Å². The van der Waals surface area contributed by atoms with Gasteiger partial charge in [-0.3, -0.25) is 0 Å². The first-order valence-corrected chi connectivity index (χ1v) is 9.78. The first-order valence-electron chi connectivity index (χ1n) is 8.90. The number of hydrogen-bond acceptors (Lipinski definition) is 3. The van der Waals surface area contributed by atoms with Crippen LogP contribution in [-0.2, 0) is 6.54 Å². The number of methoxy groups -OCH3 is 1. The summed E-state index contributed by atoms with van der Waals surface area (Å²) < 4.78 is 20.8. The number of hydrogen-bond donors (Lipinski definition) is 0. The minimum Gasteiger partial charge on any atom is -0.497 e. The molecule has 0 amide bonds. The number of thiazole rings is 1. The molecule has 1 heterocycles. The first kappa shape index (κ1) is 18.2. The predicted octanol–water partition coefficient (Wildman–Crippen LogP) is 5.65. The molecular weight excluding hydrogens is 371 g/mol. The fraction of sp³-hybridized carbons (Fsp3) is 0.0870. The van der Waals surface area contributed by atoms with E-state index in [0.29, 0.717) is 6.54 Å². The Morgan fingerprint density at radius 3 is 2.32 bits per heavy atom. The Hall–Kier alpha value is -3.18. The Morgan fingerprint density at radius 1 is 0.929 bits per heavy atom. The van der Waals surface area contributed by atoms with Gasteiger partial charge in [-0.25, -0.2) is 9.38 Å². The lowest BCUT2D eigenvalue weighted by molar-refractivity contribution is 0.415. The molecule has 3 nitrogen and oxygen atoms in total. The van der Waals surface area contributed by atoms with Crippen molar-refractivity contribution in [3.63, 3.8) is 0 Å². The fourth-order valence-electron chi connectivity index (χ4n) is 2.96. The van der Waals surface area contributed by atoms with E-state index < -0.39 is 0 Å². The van der Waals surface area contributed by atoms with E-state index in [0.717, 1.165) is 27.5 Å². The standard InChI is InChI=1S/C23H19FN2OS/c1-27-21-13-11-20(12-14-21)25-23-26(15-17-5-3-2-4-6-17)22(16-28-23)18-7-9-19(24)10-8-18/h2-14,16H,15H2,1H3. The number of rotatable bonds is 5. The van der Waals surface area contributed by atoms with Crippen LogP contribution in [0.4, 0.5) is 10.1 Å². The molecule has 4 rings (SSSR count). The number of benzene rings is 3. The highest BCUT2D eigenvalue weighted by atomic mass is 32.1. The summed E-state index contributed by atoms with van der Waals surface area (Å²) in [5, 5.41) is 2.07. The van der Waals surface area contributed by atoms with Crippen LogP contribution >= 0.6 is 11.3 Å². The van der Waals surface area contributed by atoms with Gasteiger partial charge in [-0.05, 0) is 59.7 Å². The quantitative estimate of drug-likeness (QED) is 0.433. The summed E-state index contributed by atoms with van der Waals surface area (Å²) >= 11 is 1.57. The molecular formula is C23H19FN2OS. The Balaban J connectivity index is 1.81. The van der Waals surface area contributed by atoms with Crippen LogP contribution in [0.2, 0.25) is 0 Å². The molecule has 0 radical (unpaired) electrons. The summed E-state index contributed by atoms with van der Waals surface area (Å²) in [5.41, 5.74) is 4.02. The molecule has 0 saturated heterocycles. The molecule has 0 unspecified atom stereocenters. The van der Waals surface area contributed by atoms with E-state index in [9.17, 15) is 4.39 Å². The van der Waals surface area contributed by atoms with Gasteiger partial charge < -0.3 is 9.30 Å². The highest BCUT2D eigenvalue weighted by molar-refractivity contribution is 7.07. The average molecular weight is 390 g/mol. The van der Waals surface area contributed by atoms with E-state index in [4.69, 9.17) is 9.73 Å². The summed E-state index contributed by atoms with van der Waals surface area (Å²) in [6.45, 7) is 0.687. The number of ether oxygens (including phenoxy) is 1. The zero-order chi connectivity index (χ0) is 19.3. The summed E-state index contributed by atoms with van der Waals surface area (Å²) in [6.07, 6.45) is 0. The zero-order valence-corrected chi connectivity index (χ0v) is 16.2. The fourth-order valence-corrected chi connectivity index (χ4v) is 3.88. The molecule has 0 aliphatic heterocycles. The van der Waals surface area contributed by atoms with Crippen molar-refractivity contribution in [2.45, 2.75) is 6.54 Å². The van der Waals surface area contributed by atoms with Gasteiger partial charge in [0, 0.05) is 5.38 Å². The normalized spacial score (nSPS) is 11.6. The smallest absolute Gasteiger partial charge is 0.190 e. The van der Waals surface area contributed by atoms with Crippen molar-refractivity contribution >= 4 is 17.0 Å². The molecule has 0 bridgehead atoms. The molecule has 0 spiro atoms. The maximum absolute atomic E-state index is 13.4. The van der Waals surface area contributed by atoms with Gasteiger partial charge in [-0.2, -0.15) is 0 Å². The lowest BCUT2D eigenvalue weighted by Gasteiger charge is -2.10. The molecule has 0 N–H and O–H groups in total. The Labute approximate surface area is 167 Å². The highest BCUT2D eigenvalue weighted by Crippen LogP contribution is 2.23. The average Bonchev–Trinajstić information content (AvgIpc) is 3.12. The van der Waals surface area contributed by atoms with E-state index in [2.05, 4.69) is 22.1 Å². The van der Waals surface area contributed by atoms with Crippen LogP contribution in [0.1, 0.15) is 5.56 Å². The van der Waals surface area contributed by atoms with Crippen molar-refractivity contribution in [3.8, 4) is 17.0 Å². The van der Waals surface area contributed by atoms with E-state index in [1.807, 2.05) is 42.5 Å². The highest BCUT2D eigenvalue weighted by Gasteiger charge is 2.09. The molecule has 0 aliphatic rings. The lowest BCUT2D eigenvalue weighted by Crippen LogP contribution is -2.16. The van der Waals surface area contributed by atoms with Gasteiger partial charge in [0.2, 0.25) is 0 Å². The molecule has 0 atom stereocenters. The molecule has 5 heteroatoms. The van der Waals surface area contributed by atoms with E-state index >= 15 is 0 Å². The largest absolute Gasteiger partial charge is 0.497 e. The van der Waals surface area contributed by atoms with Gasteiger partial charge >= 0.3 is 0 Å². The lowest BCUT2D eigenvalue weighted by atomic mass is 10.1. The van der Waals surface area contributed by atoms with Crippen LogP contribution in [0.25, 0.3) is 11.3 Å². The van der Waals surface area contributed by atoms with Gasteiger partial charge in [0.25, 0.3) is 0 Å². The Bertz CT molecular complexity index is 1110. The topological polar surface area (TPSA) is 26.5 Å². The number of halogens is 1. The third-order valence-corrected chi connectivity index (χ3v) is 5.28. The molecule has 28 heavy (non-hydrogen) atoms. The minimum atomic E-state index is -0.239. The van der Waals surface area contributed by atoms with Crippen LogP contribution in [0.15, 0.2) is 89.2 Å². The summed E-state index contributed by atoms with van der Waals surface area (Å²) in [5.74, 6) is 0.561. The van der Waals surface area contributed by atoms with E-state index in [1.165, 1.54) is 17.7 Å². The zero-order valence-electron chi connectivity index (χ0n) is 15.4. The second kappa shape index (κ2) is 8.23. The van der Waals surface area contributed by atoms with Crippen LogP contribution in [-0.4, -0.2) is 11.7 Å². The molecule has 1 aromatic heterocycles. The van der Waals surface area contributed by atoms with Crippen LogP contribution < -0.4 is 9.54 Å². The monoisotopic (exact) mass is 390 g/mol. The second-order valence-corrected chi connectivity index (χ2v) is 7.13. The van der Waals surface area contributed by atoms with E-state index in [-0.39, 0.29) is 5.82 Å². The molecule has 0 saturated carbocycles. The summed E-state index contributed by atoms with van der Waals surface area (Å²) in [6, 6.07) is 24.5. The number of nitrogens with zero attached hydrogens (tertiary/aromatic N) is 2. The Kier molecular flexibility index (Phi) is 5.35. The van der Waals surface area contributed by atoms with E-state index in [1.54, 1.807) is 30.6 Å². The van der Waals surface area contributed by atoms with Crippen LogP contribution in [0, 0.1) is 5.82 Å². The predicted molar refractivity (Wildman–Crippen MR) is 111 cm³/mol. The minimum absolute atomic E-state index is 0.239. The third-order valence-electron chi connectivity index (χ3n) is 4.42. The van der Waals surface area contributed by atoms with Crippen LogP contribution in [0.5, 0.6) is 5.75 Å². The van der Waals surface area contributed by atoms with Gasteiger partial charge in [-0.1, -0.05) is 30.3 Å². The summed E-state index contributed by atoms with van der Waals surface area (Å²) in [7, 11) is 1.65. The maximum Gasteiger partial charge on any atom is 0.190 e.